The molecule has 0 atom stereocenters. The molecule has 2 aromatic carbocycles. The smallest absolute Gasteiger partial charge is 0.300 e. The zero-order valence-electron chi connectivity index (χ0n) is 12.8. The molecular formula is C17H17N3O2. The lowest BCUT2D eigenvalue weighted by molar-refractivity contribution is 0.0827. The van der Waals surface area contributed by atoms with Gasteiger partial charge >= 0.3 is 0 Å². The van der Waals surface area contributed by atoms with Gasteiger partial charge in [-0.05, 0) is 42.8 Å². The van der Waals surface area contributed by atoms with Crippen LogP contribution in [0.4, 0.5) is 11.7 Å². The number of carbonyl (C=O) groups is 1. The van der Waals surface area contributed by atoms with E-state index >= 15 is 0 Å². The number of anilines is 2. The highest BCUT2D eigenvalue weighted by Crippen LogP contribution is 2.24. The lowest BCUT2D eigenvalue weighted by atomic mass is 10.1. The van der Waals surface area contributed by atoms with E-state index in [2.05, 4.69) is 10.3 Å². The number of hydrogen-bond acceptors (Lipinski definition) is 4. The summed E-state index contributed by atoms with van der Waals surface area (Å²) in [6.07, 6.45) is 0. The molecule has 0 bridgehead atoms. The van der Waals surface area contributed by atoms with Gasteiger partial charge in [-0.3, -0.25) is 4.79 Å². The second kappa shape index (κ2) is 5.52. The average Bonchev–Trinajstić information content (AvgIpc) is 2.90. The molecule has 0 aliphatic carbocycles. The predicted molar refractivity (Wildman–Crippen MR) is 86.5 cm³/mol. The van der Waals surface area contributed by atoms with Gasteiger partial charge in [0.15, 0.2) is 5.58 Å². The predicted octanol–water partition coefficient (Wildman–Crippen LogP) is 3.58. The molecular weight excluding hydrogens is 278 g/mol. The van der Waals surface area contributed by atoms with Crippen LogP contribution in [0.25, 0.3) is 11.1 Å². The molecule has 0 aliphatic rings. The number of benzene rings is 2. The number of fused-ring (bicyclic) bond motifs is 1. The number of amides is 1. The summed E-state index contributed by atoms with van der Waals surface area (Å²) in [5, 5.41) is 3.15. The van der Waals surface area contributed by atoms with Crippen molar-refractivity contribution in [3.63, 3.8) is 0 Å². The first-order valence-corrected chi connectivity index (χ1v) is 6.99. The minimum absolute atomic E-state index is 0.0171. The summed E-state index contributed by atoms with van der Waals surface area (Å²) >= 11 is 0. The quantitative estimate of drug-likeness (QED) is 0.802. The van der Waals surface area contributed by atoms with Gasteiger partial charge in [0.2, 0.25) is 0 Å². The van der Waals surface area contributed by atoms with Crippen LogP contribution in [0.2, 0.25) is 0 Å². The summed E-state index contributed by atoms with van der Waals surface area (Å²) in [6, 6.07) is 13.5. The Morgan fingerprint density at radius 1 is 1.18 bits per heavy atom. The summed E-state index contributed by atoms with van der Waals surface area (Å²) in [7, 11) is 3.48. The molecule has 0 radical (unpaired) electrons. The number of rotatable bonds is 3. The maximum Gasteiger partial charge on any atom is 0.300 e. The SMILES string of the molecule is Cc1cc(C(=O)N(C)C)ccc1Nc1nc2ccccc2o1. The van der Waals surface area contributed by atoms with Crippen molar-refractivity contribution in [3.05, 3.63) is 53.6 Å². The number of oxazole rings is 1. The van der Waals surface area contributed by atoms with Crippen molar-refractivity contribution in [1.82, 2.24) is 9.88 Å². The summed E-state index contributed by atoms with van der Waals surface area (Å²) in [5.41, 5.74) is 4.02. The number of hydrogen-bond donors (Lipinski definition) is 1. The van der Waals surface area contributed by atoms with Crippen LogP contribution >= 0.6 is 0 Å². The number of para-hydroxylation sites is 2. The van der Waals surface area contributed by atoms with E-state index in [0.29, 0.717) is 11.6 Å². The fourth-order valence-corrected chi connectivity index (χ4v) is 2.24. The van der Waals surface area contributed by atoms with Crippen molar-refractivity contribution >= 4 is 28.7 Å². The number of aryl methyl sites for hydroxylation is 1. The van der Waals surface area contributed by atoms with Crippen molar-refractivity contribution in [3.8, 4) is 0 Å². The van der Waals surface area contributed by atoms with Crippen LogP contribution in [0.3, 0.4) is 0 Å². The molecule has 0 saturated carbocycles. The van der Waals surface area contributed by atoms with Crippen LogP contribution in [-0.2, 0) is 0 Å². The fourth-order valence-electron chi connectivity index (χ4n) is 2.24. The molecule has 0 fully saturated rings. The first-order valence-electron chi connectivity index (χ1n) is 6.99. The largest absolute Gasteiger partial charge is 0.423 e. The highest BCUT2D eigenvalue weighted by molar-refractivity contribution is 5.94. The maximum absolute atomic E-state index is 12.0. The minimum atomic E-state index is -0.0171. The van der Waals surface area contributed by atoms with Crippen molar-refractivity contribution in [2.45, 2.75) is 6.92 Å². The fraction of sp³-hybridized carbons (Fsp3) is 0.176. The molecule has 5 nitrogen and oxygen atoms in total. The van der Waals surface area contributed by atoms with E-state index in [9.17, 15) is 4.79 Å². The van der Waals surface area contributed by atoms with E-state index in [-0.39, 0.29) is 5.91 Å². The standard InChI is InChI=1S/C17H17N3O2/c1-11-10-12(16(21)20(2)3)8-9-13(11)18-17-19-14-6-4-5-7-15(14)22-17/h4-10H,1-3H3,(H,18,19). The van der Waals surface area contributed by atoms with Crippen LogP contribution in [0, 0.1) is 6.92 Å². The van der Waals surface area contributed by atoms with Gasteiger partial charge in [-0.1, -0.05) is 12.1 Å². The molecule has 0 spiro atoms. The van der Waals surface area contributed by atoms with Gasteiger partial charge in [-0.2, -0.15) is 4.98 Å². The third-order valence-corrected chi connectivity index (χ3v) is 3.42. The topological polar surface area (TPSA) is 58.4 Å². The van der Waals surface area contributed by atoms with Gasteiger partial charge in [0, 0.05) is 25.3 Å². The lowest BCUT2D eigenvalue weighted by Crippen LogP contribution is -2.21. The zero-order valence-corrected chi connectivity index (χ0v) is 12.8. The normalized spacial score (nSPS) is 10.7. The number of carbonyl (C=O) groups excluding carboxylic acids is 1. The molecule has 1 amide bonds. The first-order chi connectivity index (χ1) is 10.5. The van der Waals surface area contributed by atoms with Crippen LogP contribution < -0.4 is 5.32 Å². The highest BCUT2D eigenvalue weighted by atomic mass is 16.4. The molecule has 0 aliphatic heterocycles. The Labute approximate surface area is 128 Å². The molecule has 1 heterocycles. The molecule has 0 unspecified atom stereocenters. The summed E-state index contributed by atoms with van der Waals surface area (Å²) in [6.45, 7) is 1.94. The lowest BCUT2D eigenvalue weighted by Gasteiger charge is -2.12. The van der Waals surface area contributed by atoms with E-state index in [1.54, 1.807) is 25.1 Å². The minimum Gasteiger partial charge on any atom is -0.423 e. The number of aromatic nitrogens is 1. The Morgan fingerprint density at radius 2 is 1.95 bits per heavy atom. The Bertz CT molecular complexity index is 804. The van der Waals surface area contributed by atoms with Crippen molar-refractivity contribution < 1.29 is 9.21 Å². The van der Waals surface area contributed by atoms with E-state index < -0.39 is 0 Å². The molecule has 3 aromatic rings. The Kier molecular flexibility index (Phi) is 3.55. The second-order valence-electron chi connectivity index (χ2n) is 5.34. The van der Waals surface area contributed by atoms with Crippen molar-refractivity contribution in [2.75, 3.05) is 19.4 Å². The second-order valence-corrected chi connectivity index (χ2v) is 5.34. The van der Waals surface area contributed by atoms with Crippen LogP contribution in [0.1, 0.15) is 15.9 Å². The Hall–Kier alpha value is -2.82. The summed E-state index contributed by atoms with van der Waals surface area (Å²) in [5.74, 6) is -0.0171. The van der Waals surface area contributed by atoms with E-state index in [4.69, 9.17) is 4.42 Å². The average molecular weight is 295 g/mol. The van der Waals surface area contributed by atoms with Gasteiger partial charge in [-0.25, -0.2) is 0 Å². The van der Waals surface area contributed by atoms with Gasteiger partial charge in [0.1, 0.15) is 5.52 Å². The summed E-state index contributed by atoms with van der Waals surface area (Å²) in [4.78, 5) is 17.9. The van der Waals surface area contributed by atoms with Crippen LogP contribution in [0.5, 0.6) is 0 Å². The zero-order chi connectivity index (χ0) is 15.7. The molecule has 5 heteroatoms. The third kappa shape index (κ3) is 2.65. The van der Waals surface area contributed by atoms with Gasteiger partial charge in [0.25, 0.3) is 11.9 Å². The summed E-state index contributed by atoms with van der Waals surface area (Å²) < 4.78 is 5.65. The Balaban J connectivity index is 1.87. The van der Waals surface area contributed by atoms with Gasteiger partial charge in [-0.15, -0.1) is 0 Å². The molecule has 1 aromatic heterocycles. The van der Waals surface area contributed by atoms with E-state index in [1.165, 1.54) is 0 Å². The molecule has 22 heavy (non-hydrogen) atoms. The number of nitrogens with one attached hydrogen (secondary N) is 1. The molecule has 1 N–H and O–H groups in total. The van der Waals surface area contributed by atoms with Crippen LogP contribution in [0.15, 0.2) is 46.9 Å². The van der Waals surface area contributed by atoms with Crippen molar-refractivity contribution in [1.29, 1.82) is 0 Å². The molecule has 3 rings (SSSR count). The van der Waals surface area contributed by atoms with Crippen LogP contribution in [-0.4, -0.2) is 29.9 Å². The third-order valence-electron chi connectivity index (χ3n) is 3.42. The molecule has 0 saturated heterocycles. The van der Waals surface area contributed by atoms with E-state index in [1.807, 2.05) is 43.3 Å². The molecule has 112 valence electrons. The first kappa shape index (κ1) is 14.1. The highest BCUT2D eigenvalue weighted by Gasteiger charge is 2.11. The van der Waals surface area contributed by atoms with Crippen molar-refractivity contribution in [2.24, 2.45) is 0 Å². The van der Waals surface area contributed by atoms with E-state index in [0.717, 1.165) is 22.4 Å². The maximum atomic E-state index is 12.0. The van der Waals surface area contributed by atoms with Gasteiger partial charge in [0.05, 0.1) is 0 Å². The number of nitrogens with zero attached hydrogens (tertiary/aromatic N) is 2. The van der Waals surface area contributed by atoms with Gasteiger partial charge < -0.3 is 14.6 Å². The monoisotopic (exact) mass is 295 g/mol. The Morgan fingerprint density at radius 3 is 2.64 bits per heavy atom.